The van der Waals surface area contributed by atoms with Crippen molar-refractivity contribution in [2.75, 3.05) is 14.2 Å². The molecule has 2 N–H and O–H groups in total. The smallest absolute Gasteiger partial charge is 0.161 e. The minimum atomic E-state index is 0.0711. The number of methoxy groups -OCH3 is 2. The maximum Gasteiger partial charge on any atom is 0.161 e. The van der Waals surface area contributed by atoms with Crippen molar-refractivity contribution in [2.24, 2.45) is 0 Å². The van der Waals surface area contributed by atoms with Gasteiger partial charge in [0.15, 0.2) is 11.5 Å². The zero-order valence-corrected chi connectivity index (χ0v) is 18.7. The molecule has 1 heterocycles. The quantitative estimate of drug-likeness (QED) is 0.360. The second-order valence-corrected chi connectivity index (χ2v) is 7.68. The zero-order chi connectivity index (χ0) is 22.7. The standard InChI is InChI=1S/C25H23ClN2O4/c1-15-24(17-7-10-22(30-2)23(12-17)31-3)25(28-27-15)20-9-8-19(13-21(20)29)32-14-16-5-4-6-18(26)11-16/h4-13,29H,14H2,1-3H3,(H,27,28). The van der Waals surface area contributed by atoms with Crippen molar-refractivity contribution in [1.29, 1.82) is 0 Å². The van der Waals surface area contributed by atoms with Crippen molar-refractivity contribution in [3.63, 3.8) is 0 Å². The van der Waals surface area contributed by atoms with E-state index in [4.69, 9.17) is 25.8 Å². The Bertz CT molecular complexity index is 1250. The lowest BCUT2D eigenvalue weighted by Gasteiger charge is -2.12. The zero-order valence-electron chi connectivity index (χ0n) is 18.0. The molecule has 0 saturated heterocycles. The van der Waals surface area contributed by atoms with E-state index in [1.54, 1.807) is 26.4 Å². The van der Waals surface area contributed by atoms with Crippen LogP contribution in [0.25, 0.3) is 22.4 Å². The van der Waals surface area contributed by atoms with Crippen LogP contribution < -0.4 is 14.2 Å². The fraction of sp³-hybridized carbons (Fsp3) is 0.160. The summed E-state index contributed by atoms with van der Waals surface area (Å²) in [7, 11) is 3.19. The number of phenols is 1. The molecule has 0 unspecified atom stereocenters. The molecule has 0 bridgehead atoms. The molecule has 0 saturated carbocycles. The van der Waals surface area contributed by atoms with Crippen molar-refractivity contribution in [3.8, 4) is 45.4 Å². The van der Waals surface area contributed by atoms with Gasteiger partial charge >= 0.3 is 0 Å². The average Bonchev–Trinajstić information content (AvgIpc) is 3.18. The fourth-order valence-corrected chi connectivity index (χ4v) is 3.78. The van der Waals surface area contributed by atoms with Gasteiger partial charge in [0, 0.05) is 27.9 Å². The van der Waals surface area contributed by atoms with Crippen LogP contribution in [0.4, 0.5) is 0 Å². The predicted octanol–water partition coefficient (Wildman–Crippen LogP) is 6.01. The van der Waals surface area contributed by atoms with Gasteiger partial charge in [0.25, 0.3) is 0 Å². The third-order valence-corrected chi connectivity index (χ3v) is 5.37. The number of phenolic OH excluding ortho intramolecular Hbond substituents is 1. The van der Waals surface area contributed by atoms with Gasteiger partial charge in [-0.25, -0.2) is 0 Å². The van der Waals surface area contributed by atoms with E-state index in [1.807, 2.05) is 55.5 Å². The number of hydrogen-bond acceptors (Lipinski definition) is 5. The molecule has 6 nitrogen and oxygen atoms in total. The number of ether oxygens (including phenoxy) is 3. The van der Waals surface area contributed by atoms with E-state index in [1.165, 1.54) is 0 Å². The SMILES string of the molecule is COc1ccc(-c2c(-c3ccc(OCc4cccc(Cl)c4)cc3O)n[nH]c2C)cc1OC. The molecule has 0 atom stereocenters. The number of hydrogen-bond donors (Lipinski definition) is 2. The Morgan fingerprint density at radius 2 is 1.78 bits per heavy atom. The summed E-state index contributed by atoms with van der Waals surface area (Å²) in [4.78, 5) is 0. The van der Waals surface area contributed by atoms with E-state index < -0.39 is 0 Å². The highest BCUT2D eigenvalue weighted by Crippen LogP contribution is 2.41. The number of aromatic amines is 1. The molecule has 0 aliphatic rings. The Morgan fingerprint density at radius 1 is 0.969 bits per heavy atom. The van der Waals surface area contributed by atoms with Gasteiger partial charge < -0.3 is 19.3 Å². The summed E-state index contributed by atoms with van der Waals surface area (Å²) in [5.41, 5.74) is 4.80. The molecular formula is C25H23ClN2O4. The molecule has 3 aromatic carbocycles. The van der Waals surface area contributed by atoms with Gasteiger partial charge in [0.2, 0.25) is 0 Å². The maximum atomic E-state index is 10.7. The largest absolute Gasteiger partial charge is 0.507 e. The minimum absolute atomic E-state index is 0.0711. The maximum absolute atomic E-state index is 10.7. The third-order valence-electron chi connectivity index (χ3n) is 5.14. The number of nitrogens with zero attached hydrogens (tertiary/aromatic N) is 1. The minimum Gasteiger partial charge on any atom is -0.507 e. The number of aryl methyl sites for hydroxylation is 1. The van der Waals surface area contributed by atoms with Gasteiger partial charge in [-0.2, -0.15) is 5.10 Å². The van der Waals surface area contributed by atoms with Crippen molar-refractivity contribution in [1.82, 2.24) is 10.2 Å². The van der Waals surface area contributed by atoms with E-state index in [-0.39, 0.29) is 5.75 Å². The molecule has 0 aliphatic carbocycles. The Hall–Kier alpha value is -3.64. The van der Waals surface area contributed by atoms with Gasteiger partial charge in [0.1, 0.15) is 23.8 Å². The van der Waals surface area contributed by atoms with Crippen LogP contribution in [0.1, 0.15) is 11.3 Å². The fourth-order valence-electron chi connectivity index (χ4n) is 3.56. The molecule has 32 heavy (non-hydrogen) atoms. The molecule has 4 aromatic rings. The molecular weight excluding hydrogens is 428 g/mol. The number of rotatable bonds is 7. The van der Waals surface area contributed by atoms with Gasteiger partial charge in [-0.1, -0.05) is 29.8 Å². The molecule has 0 aliphatic heterocycles. The average molecular weight is 451 g/mol. The Kier molecular flexibility index (Phi) is 6.23. The molecule has 164 valence electrons. The first-order valence-corrected chi connectivity index (χ1v) is 10.4. The van der Waals surface area contributed by atoms with Crippen LogP contribution >= 0.6 is 11.6 Å². The molecule has 0 spiro atoms. The molecule has 0 fully saturated rings. The van der Waals surface area contributed by atoms with Crippen LogP contribution in [0.3, 0.4) is 0 Å². The highest BCUT2D eigenvalue weighted by atomic mass is 35.5. The van der Waals surface area contributed by atoms with Gasteiger partial charge in [0.05, 0.1) is 14.2 Å². The third kappa shape index (κ3) is 4.36. The summed E-state index contributed by atoms with van der Waals surface area (Å²) in [6.45, 7) is 2.28. The summed E-state index contributed by atoms with van der Waals surface area (Å²) >= 11 is 6.02. The van der Waals surface area contributed by atoms with Crippen LogP contribution in [0.5, 0.6) is 23.0 Å². The van der Waals surface area contributed by atoms with Crippen LogP contribution in [0, 0.1) is 6.92 Å². The van der Waals surface area contributed by atoms with Crippen molar-refractivity contribution < 1.29 is 19.3 Å². The Balaban J connectivity index is 1.64. The number of halogens is 1. The number of H-pyrrole nitrogens is 1. The molecule has 0 amide bonds. The topological polar surface area (TPSA) is 76.6 Å². The van der Waals surface area contributed by atoms with Gasteiger partial charge in [-0.05, 0) is 54.4 Å². The van der Waals surface area contributed by atoms with Crippen LogP contribution in [0.2, 0.25) is 5.02 Å². The molecule has 0 radical (unpaired) electrons. The van der Waals surface area contributed by atoms with Crippen LogP contribution in [-0.4, -0.2) is 29.5 Å². The van der Waals surface area contributed by atoms with Crippen molar-refractivity contribution in [2.45, 2.75) is 13.5 Å². The Morgan fingerprint density at radius 3 is 2.50 bits per heavy atom. The lowest BCUT2D eigenvalue weighted by molar-refractivity contribution is 0.304. The van der Waals surface area contributed by atoms with E-state index in [2.05, 4.69) is 10.2 Å². The van der Waals surface area contributed by atoms with Gasteiger partial charge in [-0.15, -0.1) is 0 Å². The Labute approximate surface area is 191 Å². The molecule has 7 heteroatoms. The summed E-state index contributed by atoms with van der Waals surface area (Å²) in [5, 5.41) is 18.9. The number of aromatic nitrogens is 2. The first-order valence-electron chi connectivity index (χ1n) is 9.98. The van der Waals surface area contributed by atoms with Crippen LogP contribution in [0.15, 0.2) is 60.7 Å². The highest BCUT2D eigenvalue weighted by Gasteiger charge is 2.19. The summed E-state index contributed by atoms with van der Waals surface area (Å²) < 4.78 is 16.6. The van der Waals surface area contributed by atoms with E-state index in [9.17, 15) is 5.11 Å². The number of nitrogens with one attached hydrogen (secondary N) is 1. The normalized spacial score (nSPS) is 10.8. The number of benzene rings is 3. The lowest BCUT2D eigenvalue weighted by atomic mass is 9.98. The highest BCUT2D eigenvalue weighted by molar-refractivity contribution is 6.30. The first-order chi connectivity index (χ1) is 15.5. The molecule has 1 aromatic heterocycles. The first kappa shape index (κ1) is 21.6. The van der Waals surface area contributed by atoms with Crippen molar-refractivity contribution in [3.05, 3.63) is 76.9 Å². The lowest BCUT2D eigenvalue weighted by Crippen LogP contribution is -1.95. The second kappa shape index (κ2) is 9.24. The summed E-state index contributed by atoms with van der Waals surface area (Å²) in [6, 6.07) is 18.3. The summed E-state index contributed by atoms with van der Waals surface area (Å²) in [5.74, 6) is 1.88. The van der Waals surface area contributed by atoms with E-state index in [0.29, 0.717) is 40.1 Å². The predicted molar refractivity (Wildman–Crippen MR) is 125 cm³/mol. The number of aromatic hydroxyl groups is 1. The second-order valence-electron chi connectivity index (χ2n) is 7.24. The van der Waals surface area contributed by atoms with E-state index in [0.717, 1.165) is 22.4 Å². The van der Waals surface area contributed by atoms with E-state index >= 15 is 0 Å². The monoisotopic (exact) mass is 450 g/mol. The summed E-state index contributed by atoms with van der Waals surface area (Å²) in [6.07, 6.45) is 0. The van der Waals surface area contributed by atoms with Crippen LogP contribution in [-0.2, 0) is 6.61 Å². The van der Waals surface area contributed by atoms with Gasteiger partial charge in [-0.3, -0.25) is 5.10 Å². The van der Waals surface area contributed by atoms with Crippen molar-refractivity contribution >= 4 is 11.6 Å². The molecule has 4 rings (SSSR count).